The maximum Gasteiger partial charge on any atom is 0.310 e. The lowest BCUT2D eigenvalue weighted by atomic mass is 10.0. The van der Waals surface area contributed by atoms with Crippen molar-refractivity contribution in [2.24, 2.45) is 11.7 Å². The summed E-state index contributed by atoms with van der Waals surface area (Å²) < 4.78 is 18.0. The Kier molecular flexibility index (Phi) is 3.88. The summed E-state index contributed by atoms with van der Waals surface area (Å²) in [5.74, 6) is -1.13. The number of hydrogen-bond acceptors (Lipinski definition) is 3. The van der Waals surface area contributed by atoms with Crippen LogP contribution in [0, 0.1) is 11.7 Å². The average Bonchev–Trinajstić information content (AvgIpc) is 2.57. The number of benzene rings is 1. The Morgan fingerprint density at radius 2 is 2.25 bits per heavy atom. The molecule has 0 radical (unpaired) electrons. The highest BCUT2D eigenvalue weighted by Crippen LogP contribution is 2.36. The first-order valence-corrected chi connectivity index (χ1v) is 4.76. The number of carbonyl (C=O) groups is 1. The van der Waals surface area contributed by atoms with Crippen molar-refractivity contribution in [1.82, 2.24) is 0 Å². The topological polar surface area (TPSA) is 52.3 Å². The Morgan fingerprint density at radius 3 is 2.81 bits per heavy atom. The zero-order valence-corrected chi connectivity index (χ0v) is 9.59. The van der Waals surface area contributed by atoms with Crippen LogP contribution in [0.3, 0.4) is 0 Å². The molecule has 2 atom stereocenters. The molecular formula is C11H13ClFNO2. The molecule has 0 saturated carbocycles. The van der Waals surface area contributed by atoms with Gasteiger partial charge in [-0.3, -0.25) is 4.79 Å². The first-order valence-electron chi connectivity index (χ1n) is 4.76. The summed E-state index contributed by atoms with van der Waals surface area (Å²) in [6.45, 7) is 0. The van der Waals surface area contributed by atoms with Crippen LogP contribution in [-0.4, -0.2) is 13.1 Å². The number of halogens is 2. The van der Waals surface area contributed by atoms with Gasteiger partial charge in [0, 0.05) is 6.04 Å². The maximum absolute atomic E-state index is 13.4. The van der Waals surface area contributed by atoms with Crippen molar-refractivity contribution in [3.63, 3.8) is 0 Å². The number of ether oxygens (including phenoxy) is 1. The van der Waals surface area contributed by atoms with Gasteiger partial charge in [-0.1, -0.05) is 12.1 Å². The molecule has 0 amide bonds. The van der Waals surface area contributed by atoms with Crippen LogP contribution in [-0.2, 0) is 16.0 Å². The molecule has 3 nitrogen and oxygen atoms in total. The molecular weight excluding hydrogens is 233 g/mol. The summed E-state index contributed by atoms with van der Waals surface area (Å²) in [7, 11) is 1.31. The number of nitrogens with two attached hydrogens (primary N) is 1. The van der Waals surface area contributed by atoms with Gasteiger partial charge in [-0.2, -0.15) is 0 Å². The Hall–Kier alpha value is -1.13. The first kappa shape index (κ1) is 12.9. The van der Waals surface area contributed by atoms with E-state index in [1.54, 1.807) is 12.1 Å². The zero-order valence-electron chi connectivity index (χ0n) is 8.77. The second-order valence-electron chi connectivity index (χ2n) is 3.67. The molecule has 0 aliphatic heterocycles. The third-order valence-electron chi connectivity index (χ3n) is 2.88. The normalized spacial score (nSPS) is 22.2. The molecule has 1 aliphatic carbocycles. The van der Waals surface area contributed by atoms with Gasteiger partial charge in [-0.05, 0) is 23.6 Å². The van der Waals surface area contributed by atoms with Crippen LogP contribution in [0.15, 0.2) is 18.2 Å². The molecule has 2 rings (SSSR count). The predicted octanol–water partition coefficient (Wildman–Crippen LogP) is 1.59. The van der Waals surface area contributed by atoms with Gasteiger partial charge < -0.3 is 10.5 Å². The van der Waals surface area contributed by atoms with E-state index in [4.69, 9.17) is 5.73 Å². The van der Waals surface area contributed by atoms with Crippen LogP contribution in [0.1, 0.15) is 17.2 Å². The highest BCUT2D eigenvalue weighted by molar-refractivity contribution is 5.85. The third-order valence-corrected chi connectivity index (χ3v) is 2.88. The molecule has 0 fully saturated rings. The minimum atomic E-state index is -0.457. The van der Waals surface area contributed by atoms with Crippen molar-refractivity contribution in [1.29, 1.82) is 0 Å². The fourth-order valence-electron chi connectivity index (χ4n) is 2.05. The smallest absolute Gasteiger partial charge is 0.310 e. The van der Waals surface area contributed by atoms with E-state index in [1.165, 1.54) is 13.2 Å². The Labute approximate surface area is 99.2 Å². The average molecular weight is 246 g/mol. The van der Waals surface area contributed by atoms with E-state index in [0.29, 0.717) is 17.5 Å². The lowest BCUT2D eigenvalue weighted by Crippen LogP contribution is -2.25. The zero-order chi connectivity index (χ0) is 11.0. The van der Waals surface area contributed by atoms with Crippen molar-refractivity contribution in [2.75, 3.05) is 7.11 Å². The van der Waals surface area contributed by atoms with Gasteiger partial charge in [0.05, 0.1) is 13.0 Å². The maximum atomic E-state index is 13.4. The Morgan fingerprint density at radius 1 is 1.56 bits per heavy atom. The third kappa shape index (κ3) is 1.90. The SMILES string of the molecule is COC(=O)[C@@H]1Cc2c(F)cccc2[C@H]1N.Cl. The molecule has 1 aliphatic rings. The van der Waals surface area contributed by atoms with Crippen LogP contribution in [0.4, 0.5) is 4.39 Å². The molecule has 0 bridgehead atoms. The van der Waals surface area contributed by atoms with Gasteiger partial charge in [0.25, 0.3) is 0 Å². The monoisotopic (exact) mass is 245 g/mol. The van der Waals surface area contributed by atoms with E-state index >= 15 is 0 Å². The van der Waals surface area contributed by atoms with Crippen LogP contribution >= 0.6 is 12.4 Å². The Bertz CT molecular complexity index is 411. The minimum Gasteiger partial charge on any atom is -0.469 e. The largest absolute Gasteiger partial charge is 0.469 e. The summed E-state index contributed by atoms with van der Waals surface area (Å²) in [6.07, 6.45) is 0.329. The summed E-state index contributed by atoms with van der Waals surface area (Å²) >= 11 is 0. The number of esters is 1. The van der Waals surface area contributed by atoms with Crippen LogP contribution in [0.25, 0.3) is 0 Å². The van der Waals surface area contributed by atoms with Gasteiger partial charge in [-0.15, -0.1) is 12.4 Å². The Balaban J connectivity index is 0.00000128. The second-order valence-corrected chi connectivity index (χ2v) is 3.67. The molecule has 0 saturated heterocycles. The molecule has 0 spiro atoms. The van der Waals surface area contributed by atoms with E-state index in [9.17, 15) is 9.18 Å². The van der Waals surface area contributed by atoms with Gasteiger partial charge in [0.15, 0.2) is 0 Å². The summed E-state index contributed by atoms with van der Waals surface area (Å²) in [4.78, 5) is 11.4. The minimum absolute atomic E-state index is 0. The van der Waals surface area contributed by atoms with Crippen LogP contribution < -0.4 is 5.73 Å². The fourth-order valence-corrected chi connectivity index (χ4v) is 2.05. The van der Waals surface area contributed by atoms with Crippen molar-refractivity contribution >= 4 is 18.4 Å². The van der Waals surface area contributed by atoms with Gasteiger partial charge in [0.1, 0.15) is 5.82 Å². The number of rotatable bonds is 1. The highest BCUT2D eigenvalue weighted by atomic mass is 35.5. The second kappa shape index (κ2) is 4.80. The summed E-state index contributed by atoms with van der Waals surface area (Å²) in [5.41, 5.74) is 7.12. The van der Waals surface area contributed by atoms with E-state index in [1.807, 2.05) is 0 Å². The number of hydrogen-bond donors (Lipinski definition) is 1. The molecule has 0 heterocycles. The molecule has 16 heavy (non-hydrogen) atoms. The molecule has 1 aromatic carbocycles. The highest BCUT2D eigenvalue weighted by Gasteiger charge is 2.36. The molecule has 0 unspecified atom stereocenters. The van der Waals surface area contributed by atoms with Gasteiger partial charge in [0.2, 0.25) is 0 Å². The first-order chi connectivity index (χ1) is 7.15. The standard InChI is InChI=1S/C11H12FNO2.ClH/c1-15-11(14)8-5-7-6(10(8)13)3-2-4-9(7)12;/h2-4,8,10H,5,13H2,1H3;1H/t8-,10-;/m1./s1. The molecule has 1 aromatic rings. The predicted molar refractivity (Wildman–Crippen MR) is 59.8 cm³/mol. The van der Waals surface area contributed by atoms with E-state index in [0.717, 1.165) is 0 Å². The molecule has 0 aromatic heterocycles. The lowest BCUT2D eigenvalue weighted by Gasteiger charge is -2.12. The fraction of sp³-hybridized carbons (Fsp3) is 0.364. The van der Waals surface area contributed by atoms with E-state index < -0.39 is 12.0 Å². The van der Waals surface area contributed by atoms with E-state index in [2.05, 4.69) is 4.74 Å². The quantitative estimate of drug-likeness (QED) is 0.765. The van der Waals surface area contributed by atoms with Crippen molar-refractivity contribution < 1.29 is 13.9 Å². The number of fused-ring (bicyclic) bond motifs is 1. The summed E-state index contributed by atoms with van der Waals surface area (Å²) in [6, 6.07) is 4.29. The number of methoxy groups -OCH3 is 1. The van der Waals surface area contributed by atoms with Crippen molar-refractivity contribution in [2.45, 2.75) is 12.5 Å². The van der Waals surface area contributed by atoms with Crippen molar-refractivity contribution in [3.8, 4) is 0 Å². The molecule has 5 heteroatoms. The molecule has 88 valence electrons. The molecule has 2 N–H and O–H groups in total. The van der Waals surface area contributed by atoms with Crippen LogP contribution in [0.5, 0.6) is 0 Å². The van der Waals surface area contributed by atoms with Crippen molar-refractivity contribution in [3.05, 3.63) is 35.1 Å². The van der Waals surface area contributed by atoms with Gasteiger partial charge in [-0.25, -0.2) is 4.39 Å². The number of carbonyl (C=O) groups excluding carboxylic acids is 1. The summed E-state index contributed by atoms with van der Waals surface area (Å²) in [5, 5.41) is 0. The van der Waals surface area contributed by atoms with Crippen LogP contribution in [0.2, 0.25) is 0 Å². The van der Waals surface area contributed by atoms with E-state index in [-0.39, 0.29) is 24.2 Å². The van der Waals surface area contributed by atoms with Gasteiger partial charge >= 0.3 is 5.97 Å². The lowest BCUT2D eigenvalue weighted by molar-refractivity contribution is -0.145.